The van der Waals surface area contributed by atoms with E-state index in [9.17, 15) is 0 Å². The minimum atomic E-state index is 1.14. The molecule has 0 bridgehead atoms. The van der Waals surface area contributed by atoms with Crippen LogP contribution in [0.15, 0.2) is 30.6 Å². The van der Waals surface area contributed by atoms with E-state index in [1.807, 2.05) is 0 Å². The van der Waals surface area contributed by atoms with Crippen molar-refractivity contribution in [2.45, 2.75) is 104 Å². The third-order valence-corrected chi connectivity index (χ3v) is 5.28. The molecule has 0 atom stereocenters. The van der Waals surface area contributed by atoms with E-state index in [0.29, 0.717) is 0 Å². The number of fused-ring (bicyclic) bond motifs is 1. The summed E-state index contributed by atoms with van der Waals surface area (Å²) in [7, 11) is 0. The summed E-state index contributed by atoms with van der Waals surface area (Å²) < 4.78 is 4.91. The number of nitrogens with zero attached hydrogens (tertiary/aromatic N) is 2. The van der Waals surface area contributed by atoms with Gasteiger partial charge in [-0.05, 0) is 31.4 Å². The Kier molecular flexibility index (Phi) is 9.69. The Hall–Kier alpha value is -1.31. The molecule has 25 heavy (non-hydrogen) atoms. The average Bonchev–Trinajstić information content (AvgIpc) is 2.99. The molecule has 2 rings (SSSR count). The van der Waals surface area contributed by atoms with E-state index in [-0.39, 0.29) is 0 Å². The van der Waals surface area contributed by atoms with Crippen molar-refractivity contribution in [2.75, 3.05) is 0 Å². The van der Waals surface area contributed by atoms with Gasteiger partial charge in [-0.1, -0.05) is 83.8 Å². The molecule has 140 valence electrons. The first-order valence-electron chi connectivity index (χ1n) is 10.8. The molecule has 0 spiro atoms. The molecule has 0 aliphatic rings. The average molecular weight is 344 g/mol. The molecule has 0 aliphatic heterocycles. The van der Waals surface area contributed by atoms with Crippen LogP contribution in [0.25, 0.3) is 11.0 Å². The number of rotatable bonds is 14. The molecular formula is C23H39N2+. The van der Waals surface area contributed by atoms with Gasteiger partial charge in [0.25, 0.3) is 0 Å². The number of hydrogen-bond donors (Lipinski definition) is 0. The molecule has 1 heterocycles. The summed E-state index contributed by atoms with van der Waals surface area (Å²) in [4.78, 5) is 0. The highest BCUT2D eigenvalue weighted by atomic mass is 15.1. The third-order valence-electron chi connectivity index (χ3n) is 5.28. The predicted molar refractivity (Wildman–Crippen MR) is 109 cm³/mol. The maximum Gasteiger partial charge on any atom is 0.244 e. The number of para-hydroxylation sites is 2. The molecule has 0 saturated carbocycles. The van der Waals surface area contributed by atoms with Crippen LogP contribution in [-0.4, -0.2) is 4.57 Å². The van der Waals surface area contributed by atoms with E-state index < -0.39 is 0 Å². The molecule has 0 radical (unpaired) electrons. The van der Waals surface area contributed by atoms with Crippen LogP contribution in [0.3, 0.4) is 0 Å². The van der Waals surface area contributed by atoms with Crippen molar-refractivity contribution in [3.8, 4) is 0 Å². The molecular weight excluding hydrogens is 304 g/mol. The van der Waals surface area contributed by atoms with Gasteiger partial charge in [0.15, 0.2) is 11.0 Å². The van der Waals surface area contributed by atoms with Gasteiger partial charge in [-0.2, -0.15) is 0 Å². The van der Waals surface area contributed by atoms with Gasteiger partial charge in [0.2, 0.25) is 6.33 Å². The lowest BCUT2D eigenvalue weighted by atomic mass is 10.1. The Morgan fingerprint density at radius 2 is 1.32 bits per heavy atom. The maximum atomic E-state index is 2.47. The largest absolute Gasteiger partial charge is 0.244 e. The van der Waals surface area contributed by atoms with E-state index in [2.05, 4.69) is 53.6 Å². The van der Waals surface area contributed by atoms with Crippen molar-refractivity contribution >= 4 is 11.0 Å². The summed E-state index contributed by atoms with van der Waals surface area (Å²) in [5, 5.41) is 0. The highest BCUT2D eigenvalue weighted by molar-refractivity contribution is 5.71. The standard InChI is InChI=1S/C23H39N2/c1-3-5-7-8-9-10-11-12-13-16-20-25-21-24(19-6-4-2)22-17-14-15-18-23(22)25/h14-15,17-18,21H,3-13,16,19-20H2,1-2H3/q+1. The van der Waals surface area contributed by atoms with Gasteiger partial charge in [-0.25, -0.2) is 9.13 Å². The van der Waals surface area contributed by atoms with Crippen LogP contribution in [0.4, 0.5) is 0 Å². The van der Waals surface area contributed by atoms with Crippen molar-refractivity contribution in [3.05, 3.63) is 30.6 Å². The minimum Gasteiger partial charge on any atom is -0.230 e. The fraction of sp³-hybridized carbons (Fsp3) is 0.696. The van der Waals surface area contributed by atoms with Gasteiger partial charge in [-0.3, -0.25) is 0 Å². The molecule has 2 heteroatoms. The summed E-state index contributed by atoms with van der Waals surface area (Å²) in [5.74, 6) is 0. The van der Waals surface area contributed by atoms with E-state index in [1.54, 1.807) is 0 Å². The van der Waals surface area contributed by atoms with E-state index in [4.69, 9.17) is 0 Å². The Balaban J connectivity index is 1.69. The van der Waals surface area contributed by atoms with Gasteiger partial charge in [0.05, 0.1) is 13.1 Å². The zero-order chi connectivity index (χ0) is 17.7. The van der Waals surface area contributed by atoms with E-state index in [0.717, 1.165) is 13.1 Å². The third kappa shape index (κ3) is 6.84. The fourth-order valence-electron chi connectivity index (χ4n) is 3.70. The van der Waals surface area contributed by atoms with Gasteiger partial charge in [-0.15, -0.1) is 0 Å². The first-order chi connectivity index (χ1) is 12.4. The number of benzene rings is 1. The lowest BCUT2D eigenvalue weighted by Crippen LogP contribution is -2.32. The summed E-state index contributed by atoms with van der Waals surface area (Å²) in [6.45, 7) is 6.86. The molecule has 0 aliphatic carbocycles. The zero-order valence-electron chi connectivity index (χ0n) is 16.7. The molecule has 2 aromatic rings. The lowest BCUT2D eigenvalue weighted by Gasteiger charge is -2.02. The molecule has 0 amide bonds. The Morgan fingerprint density at radius 1 is 0.720 bits per heavy atom. The summed E-state index contributed by atoms with van der Waals surface area (Å²) in [6.07, 6.45) is 18.9. The molecule has 1 aromatic carbocycles. The second kappa shape index (κ2) is 12.1. The van der Waals surface area contributed by atoms with Crippen LogP contribution >= 0.6 is 0 Å². The van der Waals surface area contributed by atoms with Crippen molar-refractivity contribution in [2.24, 2.45) is 0 Å². The van der Waals surface area contributed by atoms with Crippen molar-refractivity contribution in [3.63, 3.8) is 0 Å². The van der Waals surface area contributed by atoms with Crippen molar-refractivity contribution in [1.82, 2.24) is 4.57 Å². The van der Waals surface area contributed by atoms with Gasteiger partial charge < -0.3 is 0 Å². The number of unbranched alkanes of at least 4 members (excludes halogenated alkanes) is 10. The van der Waals surface area contributed by atoms with Crippen molar-refractivity contribution < 1.29 is 4.57 Å². The number of aryl methyl sites for hydroxylation is 2. The zero-order valence-corrected chi connectivity index (χ0v) is 16.7. The quantitative estimate of drug-likeness (QED) is 0.268. The number of imidazole rings is 1. The normalized spacial score (nSPS) is 11.4. The molecule has 0 N–H and O–H groups in total. The molecule has 0 saturated heterocycles. The lowest BCUT2D eigenvalue weighted by molar-refractivity contribution is -0.672. The monoisotopic (exact) mass is 343 g/mol. The second-order valence-electron chi connectivity index (χ2n) is 7.53. The topological polar surface area (TPSA) is 8.81 Å². The Morgan fingerprint density at radius 3 is 2.00 bits per heavy atom. The predicted octanol–water partition coefficient (Wildman–Crippen LogP) is 6.65. The van der Waals surface area contributed by atoms with E-state index >= 15 is 0 Å². The first-order valence-corrected chi connectivity index (χ1v) is 10.8. The van der Waals surface area contributed by atoms with Gasteiger partial charge >= 0.3 is 0 Å². The van der Waals surface area contributed by atoms with E-state index in [1.165, 1.54) is 88.1 Å². The van der Waals surface area contributed by atoms with Gasteiger partial charge in [0, 0.05) is 0 Å². The van der Waals surface area contributed by atoms with Crippen molar-refractivity contribution in [1.29, 1.82) is 0 Å². The molecule has 2 nitrogen and oxygen atoms in total. The van der Waals surface area contributed by atoms with Crippen LogP contribution in [0.2, 0.25) is 0 Å². The van der Waals surface area contributed by atoms with Crippen LogP contribution in [0.5, 0.6) is 0 Å². The molecule has 0 unspecified atom stereocenters. The first kappa shape index (κ1) is 20.0. The number of hydrogen-bond acceptors (Lipinski definition) is 0. The molecule has 1 aromatic heterocycles. The van der Waals surface area contributed by atoms with Gasteiger partial charge in [0.1, 0.15) is 0 Å². The maximum absolute atomic E-state index is 2.47. The van der Waals surface area contributed by atoms with Crippen LogP contribution in [0.1, 0.15) is 90.9 Å². The second-order valence-corrected chi connectivity index (χ2v) is 7.53. The molecule has 0 fully saturated rings. The SMILES string of the molecule is CCCCCCCCCCCC[n+]1cn(CCCC)c2ccccc21. The Bertz CT molecular complexity index is 585. The van der Waals surface area contributed by atoms with Crippen LogP contribution < -0.4 is 4.57 Å². The minimum absolute atomic E-state index is 1.14. The Labute approximate surface area is 155 Å². The fourth-order valence-corrected chi connectivity index (χ4v) is 3.70. The number of aromatic nitrogens is 2. The summed E-state index contributed by atoms with van der Waals surface area (Å²) in [5.41, 5.74) is 2.79. The van der Waals surface area contributed by atoms with Crippen LogP contribution in [-0.2, 0) is 13.1 Å². The summed E-state index contributed by atoms with van der Waals surface area (Å²) in [6, 6.07) is 8.87. The highest BCUT2D eigenvalue weighted by Crippen LogP contribution is 2.13. The summed E-state index contributed by atoms with van der Waals surface area (Å²) >= 11 is 0. The highest BCUT2D eigenvalue weighted by Gasteiger charge is 2.13. The van der Waals surface area contributed by atoms with Crippen LogP contribution in [0, 0.1) is 0 Å². The smallest absolute Gasteiger partial charge is 0.230 e.